The Hall–Kier alpha value is -0.950. The number of esters is 1. The van der Waals surface area contributed by atoms with Crippen LogP contribution in [0, 0.1) is 5.92 Å². The van der Waals surface area contributed by atoms with Crippen molar-refractivity contribution in [3.63, 3.8) is 0 Å². The van der Waals surface area contributed by atoms with E-state index in [-0.39, 0.29) is 12.5 Å². The molecule has 0 saturated carbocycles. The van der Waals surface area contributed by atoms with Crippen molar-refractivity contribution in [2.45, 2.75) is 45.2 Å². The lowest BCUT2D eigenvalue weighted by molar-refractivity contribution is -0.239. The van der Waals surface area contributed by atoms with E-state index in [1.807, 2.05) is 6.92 Å². The molecule has 0 aromatic rings. The molecule has 0 spiro atoms. The Morgan fingerprint density at radius 3 is 2.75 bits per heavy atom. The Labute approximate surface area is 119 Å². The van der Waals surface area contributed by atoms with Gasteiger partial charge in [0.15, 0.2) is 6.29 Å². The molecule has 0 aliphatic carbocycles. The lowest BCUT2D eigenvalue weighted by atomic mass is 9.90. The van der Waals surface area contributed by atoms with E-state index >= 15 is 0 Å². The van der Waals surface area contributed by atoms with E-state index in [4.69, 9.17) is 14.2 Å². The van der Waals surface area contributed by atoms with Crippen molar-refractivity contribution in [1.82, 2.24) is 0 Å². The van der Waals surface area contributed by atoms with Crippen LogP contribution < -0.4 is 0 Å². The molecule has 1 aliphatic rings. The van der Waals surface area contributed by atoms with Crippen molar-refractivity contribution in [3.05, 3.63) is 12.2 Å². The van der Waals surface area contributed by atoms with Crippen molar-refractivity contribution in [1.29, 1.82) is 0 Å². The Balaban J connectivity index is 2.54. The second kappa shape index (κ2) is 9.07. The number of carbonyl (C=O) groups excluding carboxylic acids is 1. The number of ether oxygens (including phenoxy) is 3. The van der Waals surface area contributed by atoms with Crippen LogP contribution >= 0.6 is 0 Å². The minimum absolute atomic E-state index is 0.119. The van der Waals surface area contributed by atoms with Crippen molar-refractivity contribution in [2.75, 3.05) is 19.8 Å². The summed E-state index contributed by atoms with van der Waals surface area (Å²) < 4.78 is 15.8. The molecule has 116 valence electrons. The number of carbonyl (C=O) groups is 1. The van der Waals surface area contributed by atoms with Crippen LogP contribution in [0.5, 0.6) is 0 Å². The summed E-state index contributed by atoms with van der Waals surface area (Å²) in [6.07, 6.45) is 2.05. The maximum Gasteiger partial charge on any atom is 0.330 e. The monoisotopic (exact) mass is 288 g/mol. The number of rotatable bonds is 7. The molecule has 0 bridgehead atoms. The Morgan fingerprint density at radius 1 is 1.40 bits per heavy atom. The molecule has 1 fully saturated rings. The highest BCUT2D eigenvalue weighted by molar-refractivity contribution is 5.81. The van der Waals surface area contributed by atoms with E-state index in [0.29, 0.717) is 26.1 Å². The smallest absolute Gasteiger partial charge is 0.330 e. The number of hydrogen-bond donors (Lipinski definition) is 2. The second-order valence-corrected chi connectivity index (χ2v) is 4.62. The molecule has 4 atom stereocenters. The summed E-state index contributed by atoms with van der Waals surface area (Å²) in [5, 5.41) is 19.4. The summed E-state index contributed by atoms with van der Waals surface area (Å²) in [7, 11) is 0. The van der Waals surface area contributed by atoms with Gasteiger partial charge in [-0.25, -0.2) is 4.79 Å². The van der Waals surface area contributed by atoms with Crippen LogP contribution in [0.1, 0.15) is 26.7 Å². The summed E-state index contributed by atoms with van der Waals surface area (Å²) in [5.41, 5.74) is 0. The fourth-order valence-corrected chi connectivity index (χ4v) is 2.18. The standard InChI is InChI=1S/C14H24O6/c1-3-18-12(16)7-5-6-11-14(17)10(9-15)8-13(20-11)19-4-2/h5,7,10-11,13-15,17H,3-4,6,8-9H2,1-2H3/b7-5+/t10-,11-,13+,14+/m1/s1. The van der Waals surface area contributed by atoms with Gasteiger partial charge >= 0.3 is 5.97 Å². The normalized spacial score (nSPS) is 30.6. The SMILES string of the molecule is CCOC(=O)/C=C/C[C@H]1O[C@H](OCC)C[C@H](CO)[C@@H]1O. The first-order valence-corrected chi connectivity index (χ1v) is 7.01. The van der Waals surface area contributed by atoms with Crippen molar-refractivity contribution in [2.24, 2.45) is 5.92 Å². The summed E-state index contributed by atoms with van der Waals surface area (Å²) in [5.74, 6) is -0.695. The zero-order valence-electron chi connectivity index (χ0n) is 12.0. The molecule has 1 aliphatic heterocycles. The van der Waals surface area contributed by atoms with Crippen LogP contribution in [0.3, 0.4) is 0 Å². The molecule has 6 heteroatoms. The van der Waals surface area contributed by atoms with E-state index in [9.17, 15) is 15.0 Å². The molecule has 2 N–H and O–H groups in total. The highest BCUT2D eigenvalue weighted by Gasteiger charge is 2.36. The van der Waals surface area contributed by atoms with E-state index in [1.54, 1.807) is 13.0 Å². The number of aliphatic hydroxyl groups excluding tert-OH is 2. The van der Waals surface area contributed by atoms with Crippen molar-refractivity contribution in [3.8, 4) is 0 Å². The summed E-state index contributed by atoms with van der Waals surface area (Å²) >= 11 is 0. The third-order valence-corrected chi connectivity index (χ3v) is 3.18. The predicted octanol–water partition coefficient (Wildman–Crippen LogP) is 0.617. The number of hydrogen-bond acceptors (Lipinski definition) is 6. The first-order chi connectivity index (χ1) is 9.62. The highest BCUT2D eigenvalue weighted by Crippen LogP contribution is 2.27. The molecular formula is C14H24O6. The van der Waals surface area contributed by atoms with E-state index in [1.165, 1.54) is 6.08 Å². The highest BCUT2D eigenvalue weighted by atomic mass is 16.7. The average Bonchev–Trinajstić information content (AvgIpc) is 2.42. The zero-order valence-corrected chi connectivity index (χ0v) is 12.0. The van der Waals surface area contributed by atoms with Gasteiger partial charge in [0.05, 0.1) is 18.8 Å². The van der Waals surface area contributed by atoms with E-state index in [0.717, 1.165) is 0 Å². The van der Waals surface area contributed by atoms with Crippen molar-refractivity contribution >= 4 is 5.97 Å². The molecule has 0 radical (unpaired) electrons. The van der Waals surface area contributed by atoms with Gasteiger partial charge in [-0.15, -0.1) is 0 Å². The topological polar surface area (TPSA) is 85.2 Å². The molecule has 0 aromatic heterocycles. The van der Waals surface area contributed by atoms with E-state index < -0.39 is 24.5 Å². The third-order valence-electron chi connectivity index (χ3n) is 3.18. The van der Waals surface area contributed by atoms with Crippen LogP contribution in [-0.2, 0) is 19.0 Å². The molecule has 0 amide bonds. The van der Waals surface area contributed by atoms with Gasteiger partial charge in [-0.3, -0.25) is 0 Å². The minimum Gasteiger partial charge on any atom is -0.463 e. The lowest BCUT2D eigenvalue weighted by Crippen LogP contribution is -2.47. The predicted molar refractivity (Wildman–Crippen MR) is 71.9 cm³/mol. The Bertz CT molecular complexity index is 317. The van der Waals surface area contributed by atoms with Crippen LogP contribution in [0.25, 0.3) is 0 Å². The minimum atomic E-state index is -0.774. The van der Waals surface area contributed by atoms with Gasteiger partial charge < -0.3 is 24.4 Å². The lowest BCUT2D eigenvalue weighted by Gasteiger charge is -2.38. The second-order valence-electron chi connectivity index (χ2n) is 4.62. The molecule has 0 aromatic carbocycles. The molecule has 20 heavy (non-hydrogen) atoms. The maximum atomic E-state index is 11.2. The molecule has 6 nitrogen and oxygen atoms in total. The average molecular weight is 288 g/mol. The molecule has 1 saturated heterocycles. The van der Waals surface area contributed by atoms with Gasteiger partial charge in [-0.1, -0.05) is 6.08 Å². The van der Waals surface area contributed by atoms with Gasteiger partial charge in [0.2, 0.25) is 0 Å². The maximum absolute atomic E-state index is 11.2. The number of aliphatic hydroxyl groups is 2. The fraction of sp³-hybridized carbons (Fsp3) is 0.786. The third kappa shape index (κ3) is 5.20. The molecule has 0 unspecified atom stereocenters. The van der Waals surface area contributed by atoms with Crippen LogP contribution in [-0.4, -0.2) is 54.5 Å². The fourth-order valence-electron chi connectivity index (χ4n) is 2.18. The van der Waals surface area contributed by atoms with Crippen LogP contribution in [0.4, 0.5) is 0 Å². The van der Waals surface area contributed by atoms with Gasteiger partial charge in [-0.2, -0.15) is 0 Å². The quantitative estimate of drug-likeness (QED) is 0.527. The summed E-state index contributed by atoms with van der Waals surface area (Å²) in [6, 6.07) is 0. The Morgan fingerprint density at radius 2 is 2.15 bits per heavy atom. The zero-order chi connectivity index (χ0) is 15.0. The van der Waals surface area contributed by atoms with Gasteiger partial charge in [0.1, 0.15) is 0 Å². The van der Waals surface area contributed by atoms with Gasteiger partial charge in [0, 0.05) is 31.6 Å². The first-order valence-electron chi connectivity index (χ1n) is 7.01. The summed E-state index contributed by atoms with van der Waals surface area (Å²) in [4.78, 5) is 11.2. The largest absolute Gasteiger partial charge is 0.463 e. The molecule has 1 rings (SSSR count). The van der Waals surface area contributed by atoms with Gasteiger partial charge in [0.25, 0.3) is 0 Å². The van der Waals surface area contributed by atoms with Crippen molar-refractivity contribution < 1.29 is 29.2 Å². The van der Waals surface area contributed by atoms with Crippen LogP contribution in [0.2, 0.25) is 0 Å². The van der Waals surface area contributed by atoms with E-state index in [2.05, 4.69) is 0 Å². The molecule has 1 heterocycles. The summed E-state index contributed by atoms with van der Waals surface area (Å²) in [6.45, 7) is 4.30. The first kappa shape index (κ1) is 17.1. The van der Waals surface area contributed by atoms with Gasteiger partial charge in [-0.05, 0) is 20.3 Å². The Kier molecular flexibility index (Phi) is 7.76. The van der Waals surface area contributed by atoms with Crippen LogP contribution in [0.15, 0.2) is 12.2 Å². The molecular weight excluding hydrogens is 264 g/mol.